The van der Waals surface area contributed by atoms with Gasteiger partial charge in [-0.3, -0.25) is 4.79 Å². The van der Waals surface area contributed by atoms with Crippen LogP contribution in [-0.4, -0.2) is 20.9 Å². The molecule has 0 aliphatic carbocycles. The van der Waals surface area contributed by atoms with Gasteiger partial charge < -0.3 is 9.92 Å². The highest BCUT2D eigenvalue weighted by atomic mass is 32.2. The van der Waals surface area contributed by atoms with Crippen molar-refractivity contribution in [3.63, 3.8) is 0 Å². The summed E-state index contributed by atoms with van der Waals surface area (Å²) in [5.74, 6) is -0.724. The number of rotatable bonds is 7. The molecule has 0 aliphatic heterocycles. The number of aryl methyl sites for hydroxylation is 1. The van der Waals surface area contributed by atoms with Gasteiger partial charge in [-0.25, -0.2) is 0 Å². The van der Waals surface area contributed by atoms with Crippen LogP contribution >= 0.6 is 0 Å². The second kappa shape index (κ2) is 7.25. The van der Waals surface area contributed by atoms with Gasteiger partial charge in [-0.05, 0) is 38.4 Å². The summed E-state index contributed by atoms with van der Waals surface area (Å²) in [6.45, 7) is 2.41. The van der Waals surface area contributed by atoms with Crippen LogP contribution in [0.25, 0.3) is 0 Å². The maximum atomic E-state index is 11.8. The van der Waals surface area contributed by atoms with E-state index in [0.29, 0.717) is 13.0 Å². The highest BCUT2D eigenvalue weighted by Gasteiger charge is 2.19. The van der Waals surface area contributed by atoms with Crippen molar-refractivity contribution in [1.82, 2.24) is 0 Å². The SMILES string of the molecule is Cc1ccc(S(=O)(=O)OC(=O)CCCCCN)cc1. The first-order chi connectivity index (χ1) is 8.95. The number of benzene rings is 1. The smallest absolute Gasteiger partial charge is 0.341 e. The molecule has 0 saturated heterocycles. The Labute approximate surface area is 113 Å². The van der Waals surface area contributed by atoms with Gasteiger partial charge in [-0.1, -0.05) is 24.1 Å². The zero-order valence-corrected chi connectivity index (χ0v) is 11.8. The maximum Gasteiger partial charge on any atom is 0.341 e. The molecule has 5 nitrogen and oxygen atoms in total. The molecule has 19 heavy (non-hydrogen) atoms. The van der Waals surface area contributed by atoms with Crippen molar-refractivity contribution < 1.29 is 17.4 Å². The third-order valence-corrected chi connectivity index (χ3v) is 3.85. The van der Waals surface area contributed by atoms with E-state index in [1.807, 2.05) is 6.92 Å². The van der Waals surface area contributed by atoms with Gasteiger partial charge in [-0.2, -0.15) is 8.42 Å². The molecule has 0 saturated carbocycles. The van der Waals surface area contributed by atoms with Gasteiger partial charge in [0.2, 0.25) is 0 Å². The van der Waals surface area contributed by atoms with E-state index in [-0.39, 0.29) is 11.3 Å². The lowest BCUT2D eigenvalue weighted by atomic mass is 10.2. The van der Waals surface area contributed by atoms with Crippen molar-refractivity contribution in [3.05, 3.63) is 29.8 Å². The second-order valence-electron chi connectivity index (χ2n) is 4.32. The predicted octanol–water partition coefficient (Wildman–Crippen LogP) is 1.75. The summed E-state index contributed by atoms with van der Waals surface area (Å²) in [5.41, 5.74) is 6.26. The highest BCUT2D eigenvalue weighted by Crippen LogP contribution is 2.14. The summed E-state index contributed by atoms with van der Waals surface area (Å²) in [4.78, 5) is 11.4. The van der Waals surface area contributed by atoms with Crippen molar-refractivity contribution in [3.8, 4) is 0 Å². The topological polar surface area (TPSA) is 86.5 Å². The van der Waals surface area contributed by atoms with Crippen LogP contribution in [0.4, 0.5) is 0 Å². The Balaban J connectivity index is 2.55. The molecule has 106 valence electrons. The summed E-state index contributed by atoms with van der Waals surface area (Å²) >= 11 is 0. The molecule has 0 unspecified atom stereocenters. The Hall–Kier alpha value is -1.40. The summed E-state index contributed by atoms with van der Waals surface area (Å²) in [6.07, 6.45) is 2.28. The second-order valence-corrected chi connectivity index (χ2v) is 5.87. The van der Waals surface area contributed by atoms with E-state index >= 15 is 0 Å². The van der Waals surface area contributed by atoms with E-state index in [1.165, 1.54) is 12.1 Å². The third-order valence-electron chi connectivity index (χ3n) is 2.60. The van der Waals surface area contributed by atoms with Crippen LogP contribution < -0.4 is 5.73 Å². The third kappa shape index (κ3) is 5.40. The van der Waals surface area contributed by atoms with Gasteiger partial charge in [0.15, 0.2) is 0 Å². The fourth-order valence-electron chi connectivity index (χ4n) is 1.51. The Kier molecular flexibility index (Phi) is 5.98. The minimum Gasteiger partial charge on any atom is -0.342 e. The van der Waals surface area contributed by atoms with Crippen molar-refractivity contribution in [1.29, 1.82) is 0 Å². The van der Waals surface area contributed by atoms with E-state index in [4.69, 9.17) is 5.73 Å². The van der Waals surface area contributed by atoms with Crippen LogP contribution in [0.3, 0.4) is 0 Å². The molecule has 0 atom stereocenters. The Morgan fingerprint density at radius 1 is 1.16 bits per heavy atom. The molecule has 0 heterocycles. The van der Waals surface area contributed by atoms with E-state index in [1.54, 1.807) is 12.1 Å². The molecule has 0 aliphatic rings. The summed E-state index contributed by atoms with van der Waals surface area (Å²) < 4.78 is 28.1. The minimum atomic E-state index is -3.99. The standard InChI is InChI=1S/C13H19NO4S/c1-11-6-8-12(9-7-11)19(16,17)18-13(15)5-3-2-4-10-14/h6-9H,2-5,10,14H2,1H3. The van der Waals surface area contributed by atoms with Crippen molar-refractivity contribution in [2.45, 2.75) is 37.5 Å². The lowest BCUT2D eigenvalue weighted by molar-refractivity contribution is -0.133. The van der Waals surface area contributed by atoms with Gasteiger partial charge in [0.1, 0.15) is 4.90 Å². The molecule has 0 aromatic heterocycles. The van der Waals surface area contributed by atoms with Crippen molar-refractivity contribution in [2.75, 3.05) is 6.54 Å². The normalized spacial score (nSPS) is 11.3. The number of carbonyl (C=O) groups excluding carboxylic acids is 1. The van der Waals surface area contributed by atoms with E-state index < -0.39 is 16.1 Å². The number of unbranched alkanes of at least 4 members (excludes halogenated alkanes) is 2. The van der Waals surface area contributed by atoms with Gasteiger partial charge in [0, 0.05) is 6.42 Å². The molecule has 1 rings (SSSR count). The molecule has 1 aromatic carbocycles. The minimum absolute atomic E-state index is 0.00610. The first-order valence-corrected chi connectivity index (χ1v) is 7.60. The molecule has 6 heteroatoms. The van der Waals surface area contributed by atoms with Crippen LogP contribution in [0.15, 0.2) is 29.2 Å². The maximum absolute atomic E-state index is 11.8. The van der Waals surface area contributed by atoms with Gasteiger partial charge >= 0.3 is 16.1 Å². The average Bonchev–Trinajstić information content (AvgIpc) is 2.34. The van der Waals surface area contributed by atoms with Crippen LogP contribution in [0.2, 0.25) is 0 Å². The van der Waals surface area contributed by atoms with Gasteiger partial charge in [0.05, 0.1) is 0 Å². The summed E-state index contributed by atoms with van der Waals surface area (Å²) in [5, 5.41) is 0. The van der Waals surface area contributed by atoms with E-state index in [9.17, 15) is 13.2 Å². The monoisotopic (exact) mass is 285 g/mol. The van der Waals surface area contributed by atoms with Crippen LogP contribution in [0.5, 0.6) is 0 Å². The fourth-order valence-corrected chi connectivity index (χ4v) is 2.40. The highest BCUT2D eigenvalue weighted by molar-refractivity contribution is 7.87. The molecule has 0 fully saturated rings. The van der Waals surface area contributed by atoms with Crippen molar-refractivity contribution >= 4 is 16.1 Å². The van der Waals surface area contributed by atoms with Gasteiger partial charge in [0.25, 0.3) is 0 Å². The zero-order valence-electron chi connectivity index (χ0n) is 11.0. The number of carbonyl (C=O) groups is 1. The van der Waals surface area contributed by atoms with E-state index in [0.717, 1.165) is 18.4 Å². The van der Waals surface area contributed by atoms with Gasteiger partial charge in [-0.15, -0.1) is 0 Å². The first-order valence-electron chi connectivity index (χ1n) is 6.20. The van der Waals surface area contributed by atoms with Crippen LogP contribution in [0.1, 0.15) is 31.2 Å². The molecule has 2 N–H and O–H groups in total. The lowest BCUT2D eigenvalue weighted by Crippen LogP contribution is -2.13. The predicted molar refractivity (Wildman–Crippen MR) is 72.0 cm³/mol. The Morgan fingerprint density at radius 2 is 1.79 bits per heavy atom. The fraction of sp³-hybridized carbons (Fsp3) is 0.462. The molecule has 0 bridgehead atoms. The Bertz CT molecular complexity index is 508. The van der Waals surface area contributed by atoms with Crippen LogP contribution in [-0.2, 0) is 19.1 Å². The summed E-state index contributed by atoms with van der Waals surface area (Å²) in [7, 11) is -3.99. The molecule has 0 amide bonds. The molecule has 0 radical (unpaired) electrons. The molecule has 1 aromatic rings. The van der Waals surface area contributed by atoms with Crippen molar-refractivity contribution in [2.24, 2.45) is 5.73 Å². The molecular formula is C13H19NO4S. The number of hydrogen-bond donors (Lipinski definition) is 1. The average molecular weight is 285 g/mol. The zero-order chi connectivity index (χ0) is 14.3. The Morgan fingerprint density at radius 3 is 2.37 bits per heavy atom. The number of hydrogen-bond acceptors (Lipinski definition) is 5. The molecular weight excluding hydrogens is 266 g/mol. The largest absolute Gasteiger partial charge is 0.342 e. The summed E-state index contributed by atoms with van der Waals surface area (Å²) in [6, 6.07) is 6.16. The molecule has 0 spiro atoms. The number of nitrogens with two attached hydrogens (primary N) is 1. The quantitative estimate of drug-likeness (QED) is 0.609. The van der Waals surface area contributed by atoms with E-state index in [2.05, 4.69) is 4.18 Å². The lowest BCUT2D eigenvalue weighted by Gasteiger charge is -2.05. The van der Waals surface area contributed by atoms with Crippen LogP contribution in [0, 0.1) is 6.92 Å². The first kappa shape index (κ1) is 15.7.